The summed E-state index contributed by atoms with van der Waals surface area (Å²) in [5.41, 5.74) is 2.98. The zero-order chi connectivity index (χ0) is 28.6. The monoisotopic (exact) mass is 549 g/mol. The highest BCUT2D eigenvalue weighted by molar-refractivity contribution is 5.84. The third-order valence-electron chi connectivity index (χ3n) is 7.06. The Bertz CT molecular complexity index is 1150. The van der Waals surface area contributed by atoms with Crippen molar-refractivity contribution in [2.24, 2.45) is 0 Å². The van der Waals surface area contributed by atoms with Gasteiger partial charge in [-0.1, -0.05) is 75.1 Å². The van der Waals surface area contributed by atoms with Gasteiger partial charge < -0.3 is 19.1 Å². The van der Waals surface area contributed by atoms with E-state index in [0.717, 1.165) is 42.5 Å². The first-order valence-electron chi connectivity index (χ1n) is 14.5. The lowest BCUT2D eigenvalue weighted by Gasteiger charge is -2.28. The van der Waals surface area contributed by atoms with Crippen molar-refractivity contribution in [1.82, 2.24) is 14.4 Å². The van der Waals surface area contributed by atoms with Crippen LogP contribution in [0.3, 0.4) is 0 Å². The van der Waals surface area contributed by atoms with Crippen molar-refractivity contribution in [3.8, 4) is 0 Å². The van der Waals surface area contributed by atoms with Crippen LogP contribution in [-0.2, 0) is 34.0 Å². The summed E-state index contributed by atoms with van der Waals surface area (Å²) in [6.07, 6.45) is 8.48. The minimum atomic E-state index is -0.262. The Labute approximate surface area is 238 Å². The van der Waals surface area contributed by atoms with Crippen LogP contribution in [0.25, 0.3) is 0 Å². The number of benzene rings is 2. The van der Waals surface area contributed by atoms with E-state index in [4.69, 9.17) is 4.74 Å². The van der Waals surface area contributed by atoms with Crippen LogP contribution in [0.1, 0.15) is 68.7 Å². The first-order chi connectivity index (χ1) is 19.5. The van der Waals surface area contributed by atoms with Crippen molar-refractivity contribution in [2.45, 2.75) is 71.5 Å². The Morgan fingerprint density at radius 1 is 0.800 bits per heavy atom. The molecule has 0 saturated carbocycles. The van der Waals surface area contributed by atoms with Crippen LogP contribution in [0.2, 0.25) is 0 Å². The Morgan fingerprint density at radius 3 is 2.27 bits per heavy atom. The summed E-state index contributed by atoms with van der Waals surface area (Å²) in [6, 6.07) is 20.4. The molecule has 0 N–H and O–H groups in total. The first-order valence-corrected chi connectivity index (χ1v) is 14.5. The molecule has 2 amide bonds. The number of halogens is 1. The van der Waals surface area contributed by atoms with Gasteiger partial charge in [0.05, 0.1) is 13.1 Å². The summed E-state index contributed by atoms with van der Waals surface area (Å²) in [6.45, 7) is 4.68. The number of nitrogens with zero attached hydrogens (tertiary/aromatic N) is 3. The maximum absolute atomic E-state index is 13.8. The van der Waals surface area contributed by atoms with E-state index < -0.39 is 0 Å². The SMILES string of the molecule is CCCCCCCC(=O)N(CCCOC)CC(=O)N(Cc1ccccc1)Cc1cccn1Cc1ccc(F)cc1. The van der Waals surface area contributed by atoms with Gasteiger partial charge in [-0.25, -0.2) is 4.39 Å². The zero-order valence-electron chi connectivity index (χ0n) is 24.1. The number of unbranched alkanes of at least 4 members (excludes halogenated alkanes) is 4. The van der Waals surface area contributed by atoms with Crippen LogP contribution < -0.4 is 0 Å². The van der Waals surface area contributed by atoms with Crippen LogP contribution in [-0.4, -0.2) is 53.0 Å². The highest BCUT2D eigenvalue weighted by Crippen LogP contribution is 2.15. The lowest BCUT2D eigenvalue weighted by atomic mass is 10.1. The molecule has 3 aromatic rings. The molecule has 0 bridgehead atoms. The van der Waals surface area contributed by atoms with Gasteiger partial charge in [0.1, 0.15) is 5.82 Å². The molecule has 7 heteroatoms. The first kappa shape index (κ1) is 31.1. The van der Waals surface area contributed by atoms with Gasteiger partial charge >= 0.3 is 0 Å². The zero-order valence-corrected chi connectivity index (χ0v) is 24.1. The predicted octanol–water partition coefficient (Wildman–Crippen LogP) is 6.43. The molecule has 0 aliphatic carbocycles. The number of carbonyl (C=O) groups is 2. The second-order valence-electron chi connectivity index (χ2n) is 10.3. The van der Waals surface area contributed by atoms with Crippen molar-refractivity contribution in [3.05, 3.63) is 95.6 Å². The molecule has 216 valence electrons. The normalized spacial score (nSPS) is 11.0. The standard InChI is InChI=1S/C33H44FN3O3/c1-3-4-5-6-10-16-32(38)36(22-12-23-40-2)27-33(39)37(25-28-13-8-7-9-14-28)26-31-15-11-21-35(31)24-29-17-19-30(34)20-18-29/h7-9,11,13-15,17-21H,3-6,10,12,16,22-27H2,1-2H3. The maximum Gasteiger partial charge on any atom is 0.242 e. The van der Waals surface area contributed by atoms with Gasteiger partial charge in [0.25, 0.3) is 0 Å². The molecule has 0 fully saturated rings. The molecule has 0 aliphatic heterocycles. The highest BCUT2D eigenvalue weighted by atomic mass is 19.1. The molecule has 3 rings (SSSR count). The molecular formula is C33H44FN3O3. The Kier molecular flexibility index (Phi) is 13.4. The summed E-state index contributed by atoms with van der Waals surface area (Å²) < 4.78 is 20.7. The fourth-order valence-corrected chi connectivity index (χ4v) is 4.76. The largest absolute Gasteiger partial charge is 0.385 e. The van der Waals surface area contributed by atoms with Crippen LogP contribution >= 0.6 is 0 Å². The number of ether oxygens (including phenoxy) is 1. The summed E-state index contributed by atoms with van der Waals surface area (Å²) >= 11 is 0. The number of rotatable bonds is 18. The van der Waals surface area contributed by atoms with Gasteiger partial charge in [0.15, 0.2) is 0 Å². The topological polar surface area (TPSA) is 54.8 Å². The van der Waals surface area contributed by atoms with Crippen LogP contribution in [0.5, 0.6) is 0 Å². The average Bonchev–Trinajstić information content (AvgIpc) is 3.40. The van der Waals surface area contributed by atoms with E-state index in [9.17, 15) is 14.0 Å². The lowest BCUT2D eigenvalue weighted by Crippen LogP contribution is -2.43. The van der Waals surface area contributed by atoms with Crippen molar-refractivity contribution >= 4 is 11.8 Å². The predicted molar refractivity (Wildman–Crippen MR) is 157 cm³/mol. The van der Waals surface area contributed by atoms with E-state index in [1.54, 1.807) is 24.1 Å². The van der Waals surface area contributed by atoms with E-state index in [-0.39, 0.29) is 24.2 Å². The van der Waals surface area contributed by atoms with E-state index in [1.165, 1.54) is 18.6 Å². The van der Waals surface area contributed by atoms with Gasteiger partial charge in [-0.2, -0.15) is 0 Å². The molecule has 1 aromatic heterocycles. The molecule has 0 unspecified atom stereocenters. The molecule has 40 heavy (non-hydrogen) atoms. The maximum atomic E-state index is 13.8. The molecule has 1 heterocycles. The van der Waals surface area contributed by atoms with E-state index in [0.29, 0.717) is 45.6 Å². The highest BCUT2D eigenvalue weighted by Gasteiger charge is 2.22. The molecule has 0 saturated heterocycles. The number of hydrogen-bond donors (Lipinski definition) is 0. The Hall–Kier alpha value is -3.45. The van der Waals surface area contributed by atoms with Crippen LogP contribution in [0, 0.1) is 5.82 Å². The van der Waals surface area contributed by atoms with Gasteiger partial charge in [-0.15, -0.1) is 0 Å². The van der Waals surface area contributed by atoms with Gasteiger partial charge in [0.2, 0.25) is 11.8 Å². The summed E-state index contributed by atoms with van der Waals surface area (Å²) in [5, 5.41) is 0. The fraction of sp³-hybridized carbons (Fsp3) is 0.455. The third kappa shape index (κ3) is 10.6. The molecule has 0 radical (unpaired) electrons. The molecule has 0 spiro atoms. The lowest BCUT2D eigenvalue weighted by molar-refractivity contribution is -0.141. The van der Waals surface area contributed by atoms with Crippen LogP contribution in [0.4, 0.5) is 4.39 Å². The number of hydrogen-bond acceptors (Lipinski definition) is 3. The molecule has 6 nitrogen and oxygen atoms in total. The molecule has 0 aliphatic rings. The van der Waals surface area contributed by atoms with Crippen LogP contribution in [0.15, 0.2) is 72.9 Å². The van der Waals surface area contributed by atoms with E-state index in [1.807, 2.05) is 53.6 Å². The second-order valence-corrected chi connectivity index (χ2v) is 10.3. The summed E-state index contributed by atoms with van der Waals surface area (Å²) in [4.78, 5) is 30.5. The quantitative estimate of drug-likeness (QED) is 0.172. The smallest absolute Gasteiger partial charge is 0.242 e. The third-order valence-corrected chi connectivity index (χ3v) is 7.06. The van der Waals surface area contributed by atoms with Gasteiger partial charge in [0, 0.05) is 51.7 Å². The van der Waals surface area contributed by atoms with Crippen molar-refractivity contribution in [3.63, 3.8) is 0 Å². The number of amides is 2. The number of methoxy groups -OCH3 is 1. The summed E-state index contributed by atoms with van der Waals surface area (Å²) in [7, 11) is 1.65. The fourth-order valence-electron chi connectivity index (χ4n) is 4.76. The van der Waals surface area contributed by atoms with E-state index >= 15 is 0 Å². The number of carbonyl (C=O) groups excluding carboxylic acids is 2. The molecule has 2 aromatic carbocycles. The Morgan fingerprint density at radius 2 is 1.55 bits per heavy atom. The summed E-state index contributed by atoms with van der Waals surface area (Å²) in [5.74, 6) is -0.322. The Balaban J connectivity index is 1.74. The minimum Gasteiger partial charge on any atom is -0.385 e. The minimum absolute atomic E-state index is 0.0281. The molecule has 0 atom stereocenters. The van der Waals surface area contributed by atoms with Crippen molar-refractivity contribution in [1.29, 1.82) is 0 Å². The van der Waals surface area contributed by atoms with E-state index in [2.05, 4.69) is 11.5 Å². The average molecular weight is 550 g/mol. The van der Waals surface area contributed by atoms with Crippen molar-refractivity contribution in [2.75, 3.05) is 26.8 Å². The number of aromatic nitrogens is 1. The second kappa shape index (κ2) is 17.3. The van der Waals surface area contributed by atoms with Gasteiger partial charge in [-0.3, -0.25) is 9.59 Å². The van der Waals surface area contributed by atoms with Crippen molar-refractivity contribution < 1.29 is 18.7 Å². The molecular weight excluding hydrogens is 505 g/mol. The van der Waals surface area contributed by atoms with Gasteiger partial charge in [-0.05, 0) is 48.2 Å².